The molecule has 0 unspecified atom stereocenters. The standard InChI is InChI=1S/C16H18FN3O3.C16H14N2O3S.C6H6Cl6/c1-2-19-9-11(16(22)23)15(21)10-7-12(17)14(8-13(10)19)20-5-3-18-4-6-20;1-11-15(12-7-9-14(10-8-12)22(17,19)20)16(18-21-11)13-5-3-2-4-6-13;7-1-2(8)4(10)6(12)5(11)3(1)9/h7-9,18H,2-6H2,1H3,(H,22,23);2-10H,1H3,(H2,17,19,20);1-6H. The largest absolute Gasteiger partial charge is 0.477 e. The van der Waals surface area contributed by atoms with Crippen LogP contribution >= 0.6 is 69.6 Å². The van der Waals surface area contributed by atoms with E-state index in [0.29, 0.717) is 36.6 Å². The minimum Gasteiger partial charge on any atom is -0.477 e. The van der Waals surface area contributed by atoms with Crippen molar-refractivity contribution in [3.63, 3.8) is 0 Å². The molecule has 2 fully saturated rings. The summed E-state index contributed by atoms with van der Waals surface area (Å²) in [5.74, 6) is -1.13. The average molecular weight is 925 g/mol. The van der Waals surface area contributed by atoms with Gasteiger partial charge in [0.05, 0.1) is 53.9 Å². The zero-order valence-corrected chi connectivity index (χ0v) is 35.7. The van der Waals surface area contributed by atoms with Crippen LogP contribution in [0, 0.1) is 12.7 Å². The molecule has 3 aromatic carbocycles. The highest BCUT2D eigenvalue weighted by molar-refractivity contribution is 7.89. The van der Waals surface area contributed by atoms with Crippen molar-refractivity contribution >= 4 is 102 Å². The lowest BCUT2D eigenvalue weighted by Gasteiger charge is -2.37. The highest BCUT2D eigenvalue weighted by atomic mass is 35.5. The molecular formula is C38H38Cl6FN5O6S. The van der Waals surface area contributed by atoms with Gasteiger partial charge in [0.25, 0.3) is 0 Å². The predicted octanol–water partition coefficient (Wildman–Crippen LogP) is 7.88. The predicted molar refractivity (Wildman–Crippen MR) is 227 cm³/mol. The minimum atomic E-state index is -3.70. The minimum absolute atomic E-state index is 0.0756. The van der Waals surface area contributed by atoms with Crippen LogP contribution in [0.1, 0.15) is 23.0 Å². The molecule has 11 nitrogen and oxygen atoms in total. The number of rotatable bonds is 6. The number of carbonyl (C=O) groups is 1. The van der Waals surface area contributed by atoms with Gasteiger partial charge in [-0.3, -0.25) is 4.79 Å². The van der Waals surface area contributed by atoms with E-state index in [2.05, 4.69) is 10.5 Å². The van der Waals surface area contributed by atoms with Crippen molar-refractivity contribution in [1.82, 2.24) is 15.0 Å². The number of aromatic nitrogens is 2. The van der Waals surface area contributed by atoms with Gasteiger partial charge in [-0.1, -0.05) is 47.6 Å². The van der Waals surface area contributed by atoms with E-state index in [1.807, 2.05) is 49.1 Å². The SMILES string of the molecule is CCn1cc(C(=O)O)c(=O)c2cc(F)c(N3CCNCC3)cc21.Cc1onc(-c2ccccc2)c1-c1ccc(S(N)(=O)=O)cc1.ClC1C(Cl)C(Cl)C(Cl)C(Cl)C1Cl. The van der Waals surface area contributed by atoms with Crippen LogP contribution in [0.2, 0.25) is 0 Å². The zero-order chi connectivity index (χ0) is 41.8. The van der Waals surface area contributed by atoms with Gasteiger partial charge < -0.3 is 24.4 Å². The molecule has 1 saturated heterocycles. The Bertz CT molecular complexity index is 2310. The first-order valence-corrected chi connectivity index (χ1v) is 21.7. The van der Waals surface area contributed by atoms with Gasteiger partial charge in [0.1, 0.15) is 22.8 Å². The van der Waals surface area contributed by atoms with Crippen molar-refractivity contribution in [3.8, 4) is 22.4 Å². The molecule has 1 aliphatic carbocycles. The van der Waals surface area contributed by atoms with Gasteiger partial charge in [-0.2, -0.15) is 0 Å². The molecule has 0 bridgehead atoms. The molecular weight excluding hydrogens is 886 g/mol. The van der Waals surface area contributed by atoms with Crippen LogP contribution in [-0.2, 0) is 16.6 Å². The van der Waals surface area contributed by atoms with Crippen LogP contribution in [0.3, 0.4) is 0 Å². The number of primary sulfonamides is 1. The number of alkyl halides is 6. The fourth-order valence-electron chi connectivity index (χ4n) is 6.33. The maximum absolute atomic E-state index is 14.5. The summed E-state index contributed by atoms with van der Waals surface area (Å²) in [5, 5.41) is 19.1. The molecule has 0 spiro atoms. The monoisotopic (exact) mass is 921 g/mol. The van der Waals surface area contributed by atoms with Gasteiger partial charge in [0.15, 0.2) is 0 Å². The first kappa shape index (κ1) is 45.0. The molecule has 1 aliphatic heterocycles. The molecule has 1 saturated carbocycles. The number of fused-ring (bicyclic) bond motifs is 1. The Morgan fingerprint density at radius 1 is 0.912 bits per heavy atom. The normalized spacial score (nSPS) is 22.2. The number of sulfonamides is 1. The topological polar surface area (TPSA) is 161 Å². The highest BCUT2D eigenvalue weighted by Gasteiger charge is 2.47. The van der Waals surface area contributed by atoms with Crippen LogP contribution in [0.4, 0.5) is 10.1 Å². The number of carboxylic acid groups (broad SMARTS) is 1. The molecule has 0 amide bonds. The molecule has 7 rings (SSSR count). The van der Waals surface area contributed by atoms with Crippen LogP contribution in [0.25, 0.3) is 33.3 Å². The van der Waals surface area contributed by atoms with Gasteiger partial charge in [0, 0.05) is 49.9 Å². The molecule has 3 heterocycles. The van der Waals surface area contributed by atoms with E-state index in [4.69, 9.17) is 84.4 Å². The Hall–Kier alpha value is -3.11. The number of benzene rings is 3. The summed E-state index contributed by atoms with van der Waals surface area (Å²) in [6, 6.07) is 18.8. The number of nitrogens with one attached hydrogen (secondary N) is 1. The number of hydrogen-bond acceptors (Lipinski definition) is 8. The summed E-state index contributed by atoms with van der Waals surface area (Å²) in [6.07, 6.45) is 1.33. The number of nitrogens with two attached hydrogens (primary N) is 1. The van der Waals surface area contributed by atoms with Gasteiger partial charge in [-0.25, -0.2) is 22.7 Å². The summed E-state index contributed by atoms with van der Waals surface area (Å²) < 4.78 is 44.1. The van der Waals surface area contributed by atoms with Crippen molar-refractivity contribution in [1.29, 1.82) is 0 Å². The maximum atomic E-state index is 14.5. The lowest BCUT2D eigenvalue weighted by atomic mass is 9.97. The van der Waals surface area contributed by atoms with E-state index in [0.717, 1.165) is 41.5 Å². The molecule has 306 valence electrons. The third-order valence-corrected chi connectivity index (χ3v) is 14.3. The Morgan fingerprint density at radius 2 is 1.46 bits per heavy atom. The zero-order valence-electron chi connectivity index (χ0n) is 30.4. The van der Waals surface area contributed by atoms with Gasteiger partial charge in [0.2, 0.25) is 15.5 Å². The highest BCUT2D eigenvalue weighted by Crippen LogP contribution is 2.40. The number of carboxylic acids is 1. The molecule has 4 N–H and O–H groups in total. The molecule has 2 aliphatic rings. The second kappa shape index (κ2) is 19.3. The van der Waals surface area contributed by atoms with Crippen molar-refractivity contribution in [2.75, 3.05) is 31.1 Å². The molecule has 0 radical (unpaired) electrons. The number of pyridine rings is 1. The second-order valence-corrected chi connectivity index (χ2v) is 17.7. The summed E-state index contributed by atoms with van der Waals surface area (Å²) in [4.78, 5) is 25.5. The van der Waals surface area contributed by atoms with E-state index in [-0.39, 0.29) is 15.8 Å². The van der Waals surface area contributed by atoms with E-state index in [1.54, 1.807) is 22.8 Å². The first-order valence-electron chi connectivity index (χ1n) is 17.5. The fourth-order valence-corrected chi connectivity index (χ4v) is 9.17. The van der Waals surface area contributed by atoms with E-state index < -0.39 is 59.5 Å². The maximum Gasteiger partial charge on any atom is 0.341 e. The lowest BCUT2D eigenvalue weighted by Crippen LogP contribution is -2.52. The third kappa shape index (κ3) is 10.2. The molecule has 57 heavy (non-hydrogen) atoms. The fraction of sp³-hybridized carbons (Fsp3) is 0.342. The number of nitrogens with zero attached hydrogens (tertiary/aromatic N) is 3. The number of piperazine rings is 1. The van der Waals surface area contributed by atoms with Gasteiger partial charge >= 0.3 is 5.97 Å². The van der Waals surface area contributed by atoms with Gasteiger partial charge in [-0.05, 0) is 43.7 Å². The Balaban J connectivity index is 0.000000172. The van der Waals surface area contributed by atoms with E-state index in [9.17, 15) is 22.4 Å². The number of aromatic carboxylic acids is 1. The Labute approximate surface area is 358 Å². The molecule has 19 heteroatoms. The van der Waals surface area contributed by atoms with Crippen LogP contribution in [0.5, 0.6) is 0 Å². The van der Waals surface area contributed by atoms with Crippen molar-refractivity contribution in [2.45, 2.75) is 57.6 Å². The quantitative estimate of drug-likeness (QED) is 0.144. The van der Waals surface area contributed by atoms with Crippen LogP contribution < -0.4 is 20.8 Å². The average Bonchev–Trinajstić information content (AvgIpc) is 3.60. The van der Waals surface area contributed by atoms with Crippen LogP contribution in [-0.4, -0.2) is 87.7 Å². The smallest absolute Gasteiger partial charge is 0.341 e. The number of halogens is 7. The third-order valence-electron chi connectivity index (χ3n) is 9.38. The summed E-state index contributed by atoms with van der Waals surface area (Å²) in [6.45, 7) is 7.08. The lowest BCUT2D eigenvalue weighted by molar-refractivity contribution is 0.0694. The number of aryl methyl sites for hydroxylation is 2. The van der Waals surface area contributed by atoms with Crippen molar-refractivity contribution < 1.29 is 27.2 Å². The van der Waals surface area contributed by atoms with Crippen LogP contribution in [0.15, 0.2) is 87.1 Å². The second-order valence-electron chi connectivity index (χ2n) is 13.1. The molecule has 2 aromatic heterocycles. The van der Waals surface area contributed by atoms with E-state index in [1.165, 1.54) is 18.3 Å². The number of hydrogen-bond donors (Lipinski definition) is 3. The Morgan fingerprint density at radius 3 is 1.95 bits per heavy atom. The Kier molecular flexibility index (Phi) is 15.2. The van der Waals surface area contributed by atoms with Crippen molar-refractivity contribution in [3.05, 3.63) is 100 Å². The van der Waals surface area contributed by atoms with Gasteiger partial charge in [-0.15, -0.1) is 69.6 Å². The summed E-state index contributed by atoms with van der Waals surface area (Å²) >= 11 is 35.3. The molecule has 5 aromatic rings. The number of anilines is 1. The summed E-state index contributed by atoms with van der Waals surface area (Å²) in [7, 11) is -3.70. The van der Waals surface area contributed by atoms with E-state index >= 15 is 0 Å². The first-order chi connectivity index (χ1) is 27.0. The molecule has 0 atom stereocenters. The van der Waals surface area contributed by atoms with Crippen molar-refractivity contribution in [2.24, 2.45) is 5.14 Å². The summed E-state index contributed by atoms with van der Waals surface area (Å²) in [5.41, 5.74) is 3.33.